The zero-order chi connectivity index (χ0) is 28.4. The molecule has 2 aliphatic rings. The minimum Gasteiger partial charge on any atom is -0.355 e. The molecular weight excluding hydrogens is 526 g/mol. The van der Waals surface area contributed by atoms with Gasteiger partial charge in [0.2, 0.25) is 0 Å². The standard InChI is InChI=1S/C25H30F6N8/c1-32-23(10-14-38(2)3)36-19-9-13-39(22-18(24(26,27)28)5-4-11-33-22)12-8-17(19)21(37-23)35-16-6-7-20(34-15-16)25(29,30)31/h4-7,11,15,32,36H,8-10,12-14H2,1-3H3,(H,35,37). The summed E-state index contributed by atoms with van der Waals surface area (Å²) in [5, 5.41) is 9.77. The van der Waals surface area contributed by atoms with E-state index < -0.39 is 29.4 Å². The first-order valence-corrected chi connectivity index (χ1v) is 12.3. The molecule has 2 aliphatic heterocycles. The third-order valence-corrected chi connectivity index (χ3v) is 6.62. The molecule has 212 valence electrons. The number of hydrogen-bond acceptors (Lipinski definition) is 8. The van der Waals surface area contributed by atoms with Gasteiger partial charge < -0.3 is 20.4 Å². The summed E-state index contributed by atoms with van der Waals surface area (Å²) in [7, 11) is 5.58. The predicted octanol–water partition coefficient (Wildman–Crippen LogP) is 4.31. The Morgan fingerprint density at radius 2 is 1.77 bits per heavy atom. The van der Waals surface area contributed by atoms with Crippen molar-refractivity contribution >= 4 is 17.3 Å². The highest BCUT2D eigenvalue weighted by molar-refractivity contribution is 6.09. The first kappa shape index (κ1) is 28.6. The van der Waals surface area contributed by atoms with E-state index in [1.807, 2.05) is 19.0 Å². The molecule has 0 spiro atoms. The highest BCUT2D eigenvalue weighted by Crippen LogP contribution is 2.37. The van der Waals surface area contributed by atoms with Crippen LogP contribution in [0.25, 0.3) is 0 Å². The van der Waals surface area contributed by atoms with Gasteiger partial charge in [0, 0.05) is 49.9 Å². The van der Waals surface area contributed by atoms with Crippen molar-refractivity contribution in [2.45, 2.75) is 37.4 Å². The third-order valence-electron chi connectivity index (χ3n) is 6.62. The van der Waals surface area contributed by atoms with Crippen LogP contribution in [-0.4, -0.2) is 67.3 Å². The van der Waals surface area contributed by atoms with Crippen molar-refractivity contribution in [3.63, 3.8) is 0 Å². The maximum atomic E-state index is 13.7. The van der Waals surface area contributed by atoms with Gasteiger partial charge in [0.15, 0.2) is 5.79 Å². The van der Waals surface area contributed by atoms with Crippen LogP contribution < -0.4 is 20.9 Å². The topological polar surface area (TPSA) is 80.7 Å². The fourth-order valence-electron chi connectivity index (χ4n) is 4.55. The molecule has 1 atom stereocenters. The minimum absolute atomic E-state index is 0.143. The summed E-state index contributed by atoms with van der Waals surface area (Å²) in [5.41, 5.74) is -0.00342. The number of anilines is 2. The molecule has 4 heterocycles. The van der Waals surface area contributed by atoms with Gasteiger partial charge in [-0.2, -0.15) is 26.3 Å². The summed E-state index contributed by atoms with van der Waals surface area (Å²) in [6.45, 7) is 1.16. The Morgan fingerprint density at radius 1 is 1.03 bits per heavy atom. The van der Waals surface area contributed by atoms with E-state index >= 15 is 0 Å². The molecule has 0 bridgehead atoms. The molecule has 39 heavy (non-hydrogen) atoms. The molecule has 0 saturated carbocycles. The monoisotopic (exact) mass is 556 g/mol. The van der Waals surface area contributed by atoms with Crippen LogP contribution in [0.3, 0.4) is 0 Å². The molecule has 0 amide bonds. The van der Waals surface area contributed by atoms with Gasteiger partial charge in [-0.15, -0.1) is 0 Å². The Balaban J connectivity index is 1.66. The van der Waals surface area contributed by atoms with Gasteiger partial charge in [0.05, 0.1) is 17.4 Å². The van der Waals surface area contributed by atoms with Gasteiger partial charge in [-0.3, -0.25) is 5.32 Å². The zero-order valence-corrected chi connectivity index (χ0v) is 21.7. The zero-order valence-electron chi connectivity index (χ0n) is 21.7. The fourth-order valence-corrected chi connectivity index (χ4v) is 4.55. The third kappa shape index (κ3) is 6.61. The summed E-state index contributed by atoms with van der Waals surface area (Å²) < 4.78 is 80.1. The summed E-state index contributed by atoms with van der Waals surface area (Å²) >= 11 is 0. The summed E-state index contributed by atoms with van der Waals surface area (Å²) in [6.07, 6.45) is -5.48. The van der Waals surface area contributed by atoms with Gasteiger partial charge in [-0.05, 0) is 51.8 Å². The van der Waals surface area contributed by atoms with Crippen LogP contribution >= 0.6 is 0 Å². The minimum atomic E-state index is -4.57. The smallest absolute Gasteiger partial charge is 0.355 e. The normalized spacial score (nSPS) is 20.4. The molecule has 1 unspecified atom stereocenters. The molecule has 0 fully saturated rings. The molecule has 8 nitrogen and oxygen atoms in total. The van der Waals surface area contributed by atoms with Crippen LogP contribution in [0, 0.1) is 0 Å². The number of pyridine rings is 2. The fraction of sp³-hybridized carbons (Fsp3) is 0.480. The number of rotatable bonds is 6. The Bertz CT molecular complexity index is 1220. The quantitative estimate of drug-likeness (QED) is 0.458. The lowest BCUT2D eigenvalue weighted by molar-refractivity contribution is -0.141. The average molecular weight is 557 g/mol. The van der Waals surface area contributed by atoms with Gasteiger partial charge in [-0.25, -0.2) is 15.0 Å². The maximum absolute atomic E-state index is 13.7. The van der Waals surface area contributed by atoms with Crippen LogP contribution in [-0.2, 0) is 12.4 Å². The van der Waals surface area contributed by atoms with Crippen LogP contribution in [0.1, 0.15) is 30.5 Å². The molecule has 0 aliphatic carbocycles. The summed E-state index contributed by atoms with van der Waals surface area (Å²) in [4.78, 5) is 16.0. The second-order valence-corrected chi connectivity index (χ2v) is 9.62. The number of nitrogens with one attached hydrogen (secondary N) is 3. The van der Waals surface area contributed by atoms with E-state index in [0.717, 1.165) is 29.6 Å². The molecular formula is C25H30F6N8. The Labute approximate surface area is 222 Å². The van der Waals surface area contributed by atoms with Gasteiger partial charge in [-0.1, -0.05) is 0 Å². The van der Waals surface area contributed by atoms with Crippen molar-refractivity contribution in [2.24, 2.45) is 4.99 Å². The lowest BCUT2D eigenvalue weighted by Crippen LogP contribution is -2.58. The number of alkyl halides is 6. The van der Waals surface area contributed by atoms with E-state index in [1.54, 1.807) is 11.9 Å². The molecule has 3 N–H and O–H groups in total. The summed E-state index contributed by atoms with van der Waals surface area (Å²) in [6, 6.07) is 4.42. The number of aliphatic imine (C=N–C) groups is 1. The second kappa shape index (κ2) is 11.0. The van der Waals surface area contributed by atoms with Crippen molar-refractivity contribution in [3.8, 4) is 0 Å². The van der Waals surface area contributed by atoms with E-state index in [9.17, 15) is 26.3 Å². The van der Waals surface area contributed by atoms with E-state index in [0.29, 0.717) is 37.3 Å². The van der Waals surface area contributed by atoms with Crippen molar-refractivity contribution < 1.29 is 26.3 Å². The first-order valence-electron chi connectivity index (χ1n) is 12.3. The van der Waals surface area contributed by atoms with E-state index in [1.165, 1.54) is 18.3 Å². The molecule has 14 heteroatoms. The molecule has 2 aromatic rings. The Hall–Kier alpha value is -3.39. The van der Waals surface area contributed by atoms with E-state index in [2.05, 4.69) is 25.9 Å². The van der Waals surface area contributed by atoms with Gasteiger partial charge >= 0.3 is 12.4 Å². The van der Waals surface area contributed by atoms with Crippen molar-refractivity contribution in [1.82, 2.24) is 25.5 Å². The van der Waals surface area contributed by atoms with Crippen LogP contribution in [0.15, 0.2) is 52.9 Å². The second-order valence-electron chi connectivity index (χ2n) is 9.62. The maximum Gasteiger partial charge on any atom is 0.433 e. The molecule has 0 saturated heterocycles. The van der Waals surface area contributed by atoms with Crippen molar-refractivity contribution in [3.05, 3.63) is 59.2 Å². The summed E-state index contributed by atoms with van der Waals surface area (Å²) in [5.74, 6) is -0.671. The van der Waals surface area contributed by atoms with Gasteiger partial charge in [0.25, 0.3) is 0 Å². The first-order chi connectivity index (χ1) is 18.3. The molecule has 0 aromatic carbocycles. The van der Waals surface area contributed by atoms with Gasteiger partial charge in [0.1, 0.15) is 17.3 Å². The van der Waals surface area contributed by atoms with Crippen molar-refractivity contribution in [1.29, 1.82) is 0 Å². The number of nitrogens with zero attached hydrogens (tertiary/aromatic N) is 5. The number of amidine groups is 1. The van der Waals surface area contributed by atoms with Crippen LogP contribution in [0.2, 0.25) is 0 Å². The Morgan fingerprint density at radius 3 is 2.38 bits per heavy atom. The highest BCUT2D eigenvalue weighted by atomic mass is 19.4. The number of halogens is 6. The van der Waals surface area contributed by atoms with Crippen LogP contribution in [0.5, 0.6) is 0 Å². The predicted molar refractivity (Wildman–Crippen MR) is 136 cm³/mol. The van der Waals surface area contributed by atoms with E-state index in [4.69, 9.17) is 4.99 Å². The van der Waals surface area contributed by atoms with Crippen molar-refractivity contribution in [2.75, 3.05) is 51.0 Å². The lowest BCUT2D eigenvalue weighted by atomic mass is 10.0. The lowest BCUT2D eigenvalue weighted by Gasteiger charge is -2.38. The SMILES string of the molecule is CNC1(CCN(C)C)N=C(Nc2ccc(C(F)(F)F)nc2)C2=C(CCN(c3ncccc3C(F)(F)F)CC2)N1. The number of hydrogen-bond donors (Lipinski definition) is 3. The average Bonchev–Trinajstić information content (AvgIpc) is 3.09. The largest absolute Gasteiger partial charge is 0.433 e. The Kier molecular flexibility index (Phi) is 8.07. The molecule has 0 radical (unpaired) electrons. The molecule has 4 rings (SSSR count). The highest BCUT2D eigenvalue weighted by Gasteiger charge is 2.39. The molecule has 2 aromatic heterocycles. The van der Waals surface area contributed by atoms with Crippen LogP contribution in [0.4, 0.5) is 37.8 Å². The van der Waals surface area contributed by atoms with E-state index in [-0.39, 0.29) is 18.9 Å². The number of aromatic nitrogens is 2.